The van der Waals surface area contributed by atoms with E-state index in [1.165, 1.54) is 30.7 Å². The second kappa shape index (κ2) is 9.02. The van der Waals surface area contributed by atoms with E-state index < -0.39 is 40.7 Å². The number of likely N-dealkylation sites (tertiary alicyclic amines) is 1. The van der Waals surface area contributed by atoms with Crippen LogP contribution in [0.3, 0.4) is 0 Å². The summed E-state index contributed by atoms with van der Waals surface area (Å²) in [7, 11) is -4.00. The van der Waals surface area contributed by atoms with Gasteiger partial charge in [-0.15, -0.1) is 0 Å². The van der Waals surface area contributed by atoms with Crippen molar-refractivity contribution in [2.75, 3.05) is 6.54 Å². The molecule has 0 bridgehead atoms. The molecule has 4 aromatic rings. The van der Waals surface area contributed by atoms with Gasteiger partial charge in [0.25, 0.3) is 10.0 Å². The molecule has 8 nitrogen and oxygen atoms in total. The molecule has 0 aliphatic carbocycles. The lowest BCUT2D eigenvalue weighted by Crippen LogP contribution is -2.48. The van der Waals surface area contributed by atoms with E-state index in [1.54, 1.807) is 24.3 Å². The van der Waals surface area contributed by atoms with Gasteiger partial charge in [0.15, 0.2) is 5.65 Å². The average molecular weight is 533 g/mol. The predicted molar refractivity (Wildman–Crippen MR) is 130 cm³/mol. The number of aryl methyl sites for hydroxylation is 1. The Morgan fingerprint density at radius 2 is 1.86 bits per heavy atom. The maximum absolute atomic E-state index is 13.5. The van der Waals surface area contributed by atoms with Crippen molar-refractivity contribution in [2.24, 2.45) is 0 Å². The number of halogens is 3. The van der Waals surface area contributed by atoms with Gasteiger partial charge in [-0.2, -0.15) is 13.2 Å². The first-order valence-corrected chi connectivity index (χ1v) is 13.0. The van der Waals surface area contributed by atoms with Crippen molar-refractivity contribution in [1.29, 1.82) is 0 Å². The van der Waals surface area contributed by atoms with Gasteiger partial charge >= 0.3 is 12.3 Å². The van der Waals surface area contributed by atoms with Crippen molar-refractivity contribution in [1.82, 2.24) is 18.8 Å². The lowest BCUT2D eigenvalue weighted by Gasteiger charge is -2.40. The molecule has 1 aromatic carbocycles. The van der Waals surface area contributed by atoms with E-state index in [1.807, 2.05) is 6.92 Å². The molecule has 37 heavy (non-hydrogen) atoms. The van der Waals surface area contributed by atoms with E-state index >= 15 is 0 Å². The Bertz CT molecular complexity index is 1600. The highest BCUT2D eigenvalue weighted by atomic mass is 32.2. The SMILES string of the molecule is Cc1ccc(S(=O)(=O)n2ccc3c4c(C5CCCN(C(=O)O)C5CC(F)(F)F)ccnc4cnc32)cc1. The van der Waals surface area contributed by atoms with Gasteiger partial charge in [0.2, 0.25) is 0 Å². The standard InChI is InChI=1S/C25H23F3N4O4S/c1-15-4-6-16(7-5-15)37(35,36)32-12-9-19-22-18(8-10-29-20(22)14-30-23(19)32)17-3-2-11-31(24(33)34)21(17)13-25(26,27)28/h4-10,12,14,17,21H,2-3,11,13H2,1H3,(H,33,34). The van der Waals surface area contributed by atoms with E-state index in [9.17, 15) is 31.5 Å². The number of carboxylic acid groups (broad SMARTS) is 1. The molecule has 3 aromatic heterocycles. The summed E-state index contributed by atoms with van der Waals surface area (Å²) < 4.78 is 68.4. The highest BCUT2D eigenvalue weighted by molar-refractivity contribution is 7.90. The Hall–Kier alpha value is -3.67. The second-order valence-electron chi connectivity index (χ2n) is 9.20. The zero-order valence-electron chi connectivity index (χ0n) is 19.7. The fraction of sp³-hybridized carbons (Fsp3) is 0.320. The van der Waals surface area contributed by atoms with Crippen LogP contribution >= 0.6 is 0 Å². The number of rotatable bonds is 4. The van der Waals surface area contributed by atoms with Crippen molar-refractivity contribution in [3.8, 4) is 0 Å². The highest BCUT2D eigenvalue weighted by Gasteiger charge is 2.43. The number of aromatic nitrogens is 3. The van der Waals surface area contributed by atoms with Gasteiger partial charge in [0, 0.05) is 35.6 Å². The first-order valence-electron chi connectivity index (χ1n) is 11.6. The van der Waals surface area contributed by atoms with Gasteiger partial charge in [0.05, 0.1) is 29.1 Å². The average Bonchev–Trinajstić information content (AvgIpc) is 3.28. The maximum Gasteiger partial charge on any atom is 0.407 e. The Kier molecular flexibility index (Phi) is 6.09. The minimum atomic E-state index is -4.57. The van der Waals surface area contributed by atoms with Crippen LogP contribution in [0.5, 0.6) is 0 Å². The number of carbonyl (C=O) groups is 1. The maximum atomic E-state index is 13.5. The fourth-order valence-corrected chi connectivity index (χ4v) is 6.51. The van der Waals surface area contributed by atoms with Crippen molar-refractivity contribution in [3.63, 3.8) is 0 Å². The number of nitrogens with zero attached hydrogens (tertiary/aromatic N) is 4. The molecular weight excluding hydrogens is 509 g/mol. The lowest BCUT2D eigenvalue weighted by molar-refractivity contribution is -0.149. The van der Waals surface area contributed by atoms with Crippen LogP contribution in [0.2, 0.25) is 0 Å². The summed E-state index contributed by atoms with van der Waals surface area (Å²) in [5.41, 5.74) is 1.88. The Balaban J connectivity index is 1.69. The van der Waals surface area contributed by atoms with E-state index in [0.29, 0.717) is 34.7 Å². The summed E-state index contributed by atoms with van der Waals surface area (Å²) in [6, 6.07) is 8.18. The lowest BCUT2D eigenvalue weighted by atomic mass is 9.80. The summed E-state index contributed by atoms with van der Waals surface area (Å²) >= 11 is 0. The topological polar surface area (TPSA) is 105 Å². The number of hydrogen-bond acceptors (Lipinski definition) is 5. The minimum absolute atomic E-state index is 0.0116. The molecule has 2 atom stereocenters. The predicted octanol–water partition coefficient (Wildman–Crippen LogP) is 5.31. The zero-order valence-corrected chi connectivity index (χ0v) is 20.5. The van der Waals surface area contributed by atoms with Gasteiger partial charge in [-0.25, -0.2) is 22.2 Å². The number of pyridine rings is 2. The molecule has 0 spiro atoms. The quantitative estimate of drug-likeness (QED) is 0.382. The van der Waals surface area contributed by atoms with Crippen LogP contribution in [0.25, 0.3) is 21.9 Å². The number of benzene rings is 1. The van der Waals surface area contributed by atoms with Crippen molar-refractivity contribution >= 4 is 38.1 Å². The monoisotopic (exact) mass is 532 g/mol. The Morgan fingerprint density at radius 1 is 1.14 bits per heavy atom. The molecule has 5 rings (SSSR count). The first-order chi connectivity index (χ1) is 17.5. The van der Waals surface area contributed by atoms with Crippen molar-refractivity contribution in [2.45, 2.75) is 49.2 Å². The number of piperidine rings is 1. The summed E-state index contributed by atoms with van der Waals surface area (Å²) in [5.74, 6) is -0.764. The van der Waals surface area contributed by atoms with Gasteiger partial charge in [0.1, 0.15) is 0 Å². The van der Waals surface area contributed by atoms with Crippen LogP contribution in [0.1, 0.15) is 36.3 Å². The summed E-state index contributed by atoms with van der Waals surface area (Å²) in [6.07, 6.45) is -2.32. The molecule has 4 heterocycles. The van der Waals surface area contributed by atoms with Crippen LogP contribution < -0.4 is 0 Å². The van der Waals surface area contributed by atoms with Gasteiger partial charge in [-0.1, -0.05) is 17.7 Å². The van der Waals surface area contributed by atoms with Gasteiger partial charge < -0.3 is 10.0 Å². The molecule has 12 heteroatoms. The van der Waals surface area contributed by atoms with E-state index in [0.717, 1.165) is 14.4 Å². The third-order valence-electron chi connectivity index (χ3n) is 6.86. The molecule has 1 aliphatic heterocycles. The van der Waals surface area contributed by atoms with E-state index in [4.69, 9.17) is 0 Å². The molecule has 0 saturated carbocycles. The third kappa shape index (κ3) is 4.50. The third-order valence-corrected chi connectivity index (χ3v) is 8.54. The van der Waals surface area contributed by atoms with Crippen LogP contribution in [-0.2, 0) is 10.0 Å². The number of amides is 1. The van der Waals surface area contributed by atoms with Crippen molar-refractivity contribution < 1.29 is 31.5 Å². The van der Waals surface area contributed by atoms with Crippen LogP contribution in [0, 0.1) is 6.92 Å². The second-order valence-corrected chi connectivity index (χ2v) is 11.0. The van der Waals surface area contributed by atoms with E-state index in [2.05, 4.69) is 9.97 Å². The molecule has 0 radical (unpaired) electrons. The molecule has 1 N–H and O–H groups in total. The molecule has 2 unspecified atom stereocenters. The van der Waals surface area contributed by atoms with Crippen LogP contribution in [0.4, 0.5) is 18.0 Å². The molecule has 1 amide bonds. The number of alkyl halides is 3. The Labute approximate surface area is 210 Å². The smallest absolute Gasteiger partial charge is 0.407 e. The fourth-order valence-electron chi connectivity index (χ4n) is 5.21. The highest BCUT2D eigenvalue weighted by Crippen LogP contribution is 2.42. The molecule has 194 valence electrons. The number of fused-ring (bicyclic) bond motifs is 3. The van der Waals surface area contributed by atoms with Gasteiger partial charge in [-0.05, 0) is 49.6 Å². The first kappa shape index (κ1) is 25.0. The molecular formula is C25H23F3N4O4S. The Morgan fingerprint density at radius 3 is 2.54 bits per heavy atom. The van der Waals surface area contributed by atoms with Gasteiger partial charge in [-0.3, -0.25) is 4.98 Å². The van der Waals surface area contributed by atoms with E-state index in [-0.39, 0.29) is 17.1 Å². The minimum Gasteiger partial charge on any atom is -0.465 e. The summed E-state index contributed by atoms with van der Waals surface area (Å²) in [6.45, 7) is 1.85. The van der Waals surface area contributed by atoms with Crippen LogP contribution in [0.15, 0.2) is 59.9 Å². The number of hydrogen-bond donors (Lipinski definition) is 1. The summed E-state index contributed by atoms with van der Waals surface area (Å²) in [4.78, 5) is 21.4. The summed E-state index contributed by atoms with van der Waals surface area (Å²) in [5, 5.41) is 10.5. The molecule has 1 aliphatic rings. The zero-order chi connectivity index (χ0) is 26.5. The molecule has 1 saturated heterocycles. The normalized spacial score (nSPS) is 19.0. The molecule has 1 fully saturated rings. The van der Waals surface area contributed by atoms with Crippen LogP contribution in [-0.4, -0.2) is 57.2 Å². The largest absolute Gasteiger partial charge is 0.465 e. The van der Waals surface area contributed by atoms with Crippen molar-refractivity contribution in [3.05, 3.63) is 66.1 Å².